The summed E-state index contributed by atoms with van der Waals surface area (Å²) in [6, 6.07) is 13.1. The van der Waals surface area contributed by atoms with E-state index in [-0.39, 0.29) is 11.8 Å². The first-order valence-corrected chi connectivity index (χ1v) is 6.26. The van der Waals surface area contributed by atoms with E-state index in [0.717, 1.165) is 11.3 Å². The van der Waals surface area contributed by atoms with Crippen molar-refractivity contribution in [3.63, 3.8) is 0 Å². The van der Waals surface area contributed by atoms with E-state index in [1.54, 1.807) is 18.2 Å². The Labute approximate surface area is 112 Å². The Balaban J connectivity index is 2.25. The van der Waals surface area contributed by atoms with Gasteiger partial charge in [-0.25, -0.2) is 0 Å². The van der Waals surface area contributed by atoms with Crippen molar-refractivity contribution in [1.82, 2.24) is 0 Å². The predicted molar refractivity (Wildman–Crippen MR) is 76.3 cm³/mol. The number of anilines is 1. The molecule has 18 heavy (non-hydrogen) atoms. The summed E-state index contributed by atoms with van der Waals surface area (Å²) in [4.78, 5) is 0. The van der Waals surface area contributed by atoms with Gasteiger partial charge in [0, 0.05) is 16.3 Å². The minimum absolute atomic E-state index is 0.00944. The van der Waals surface area contributed by atoms with Gasteiger partial charge in [-0.3, -0.25) is 0 Å². The minimum atomic E-state index is -0.00944. The van der Waals surface area contributed by atoms with Crippen molar-refractivity contribution < 1.29 is 5.11 Å². The Bertz CT molecular complexity index is 554. The van der Waals surface area contributed by atoms with Gasteiger partial charge in [-0.1, -0.05) is 29.8 Å². The third-order valence-corrected chi connectivity index (χ3v) is 3.21. The van der Waals surface area contributed by atoms with Crippen molar-refractivity contribution >= 4 is 17.3 Å². The first-order valence-electron chi connectivity index (χ1n) is 5.88. The van der Waals surface area contributed by atoms with Gasteiger partial charge in [0.2, 0.25) is 0 Å². The van der Waals surface area contributed by atoms with E-state index >= 15 is 0 Å². The summed E-state index contributed by atoms with van der Waals surface area (Å²) in [5.41, 5.74) is 3.03. The zero-order chi connectivity index (χ0) is 13.1. The van der Waals surface area contributed by atoms with Gasteiger partial charge in [0.05, 0.1) is 6.04 Å². The quantitative estimate of drug-likeness (QED) is 0.851. The van der Waals surface area contributed by atoms with E-state index in [1.165, 1.54) is 5.56 Å². The maximum absolute atomic E-state index is 9.85. The summed E-state index contributed by atoms with van der Waals surface area (Å²) in [5.74, 6) is 0.257. The maximum atomic E-state index is 9.85. The number of hydrogen-bond acceptors (Lipinski definition) is 2. The van der Waals surface area contributed by atoms with E-state index in [0.29, 0.717) is 5.02 Å². The lowest BCUT2D eigenvalue weighted by Gasteiger charge is -2.18. The Hall–Kier alpha value is -1.67. The van der Waals surface area contributed by atoms with Crippen LogP contribution in [0.2, 0.25) is 5.02 Å². The molecular weight excluding hydrogens is 246 g/mol. The highest BCUT2D eigenvalue weighted by Crippen LogP contribution is 2.30. The van der Waals surface area contributed by atoms with Gasteiger partial charge in [-0.15, -0.1) is 0 Å². The molecule has 0 spiro atoms. The monoisotopic (exact) mass is 261 g/mol. The highest BCUT2D eigenvalue weighted by molar-refractivity contribution is 6.30. The molecule has 1 unspecified atom stereocenters. The average Bonchev–Trinajstić information content (AvgIpc) is 2.35. The lowest BCUT2D eigenvalue weighted by atomic mass is 10.1. The smallest absolute Gasteiger partial charge is 0.120 e. The summed E-state index contributed by atoms with van der Waals surface area (Å²) in [5, 5.41) is 13.9. The second-order valence-corrected chi connectivity index (χ2v) is 4.82. The molecule has 0 aromatic heterocycles. The van der Waals surface area contributed by atoms with Crippen LogP contribution in [0, 0.1) is 6.92 Å². The fraction of sp³-hybridized carbons (Fsp3) is 0.200. The second kappa shape index (κ2) is 5.32. The largest absolute Gasteiger partial charge is 0.508 e. The highest BCUT2D eigenvalue weighted by Gasteiger charge is 2.11. The fourth-order valence-corrected chi connectivity index (χ4v) is 2.10. The third-order valence-electron chi connectivity index (χ3n) is 2.97. The van der Waals surface area contributed by atoms with Gasteiger partial charge in [-0.05, 0) is 43.7 Å². The summed E-state index contributed by atoms with van der Waals surface area (Å²) < 4.78 is 0. The van der Waals surface area contributed by atoms with Crippen molar-refractivity contribution in [2.24, 2.45) is 0 Å². The fourth-order valence-electron chi connectivity index (χ4n) is 1.92. The Kier molecular flexibility index (Phi) is 3.78. The van der Waals surface area contributed by atoms with Crippen molar-refractivity contribution in [2.45, 2.75) is 19.9 Å². The number of halogens is 1. The molecular formula is C15H16ClNO. The van der Waals surface area contributed by atoms with Gasteiger partial charge in [0.25, 0.3) is 0 Å². The van der Waals surface area contributed by atoms with Crippen LogP contribution in [-0.4, -0.2) is 5.11 Å². The molecule has 0 aliphatic rings. The Morgan fingerprint density at radius 2 is 1.89 bits per heavy atom. The number of aromatic hydroxyl groups is 1. The van der Waals surface area contributed by atoms with Crippen LogP contribution < -0.4 is 5.32 Å². The minimum Gasteiger partial charge on any atom is -0.508 e. The van der Waals surface area contributed by atoms with Crippen LogP contribution in [-0.2, 0) is 0 Å². The Morgan fingerprint density at radius 1 is 1.17 bits per heavy atom. The Morgan fingerprint density at radius 3 is 2.61 bits per heavy atom. The average molecular weight is 262 g/mol. The normalized spacial score (nSPS) is 12.2. The van der Waals surface area contributed by atoms with E-state index in [2.05, 4.69) is 5.32 Å². The van der Waals surface area contributed by atoms with Crippen LogP contribution in [0.4, 0.5) is 5.69 Å². The molecule has 0 saturated heterocycles. The number of phenols is 1. The maximum Gasteiger partial charge on any atom is 0.120 e. The van der Waals surface area contributed by atoms with Crippen LogP contribution in [0.15, 0.2) is 42.5 Å². The van der Waals surface area contributed by atoms with Gasteiger partial charge in [-0.2, -0.15) is 0 Å². The SMILES string of the molecule is Cc1ccccc1NC(C)c1cc(Cl)ccc1O. The summed E-state index contributed by atoms with van der Waals surface area (Å²) in [6.45, 7) is 4.05. The van der Waals surface area contributed by atoms with Crippen LogP contribution in [0.25, 0.3) is 0 Å². The molecule has 0 saturated carbocycles. The molecule has 3 heteroatoms. The van der Waals surface area contributed by atoms with Crippen molar-refractivity contribution in [2.75, 3.05) is 5.32 Å². The second-order valence-electron chi connectivity index (χ2n) is 4.38. The van der Waals surface area contributed by atoms with Crippen molar-refractivity contribution in [1.29, 1.82) is 0 Å². The van der Waals surface area contributed by atoms with E-state index in [1.807, 2.05) is 38.1 Å². The molecule has 2 nitrogen and oxygen atoms in total. The predicted octanol–water partition coefficient (Wildman–Crippen LogP) is 4.53. The van der Waals surface area contributed by atoms with Crippen molar-refractivity contribution in [3.8, 4) is 5.75 Å². The molecule has 0 fully saturated rings. The molecule has 2 aromatic rings. The number of para-hydroxylation sites is 1. The van der Waals surface area contributed by atoms with Gasteiger partial charge < -0.3 is 10.4 Å². The lowest BCUT2D eigenvalue weighted by Crippen LogP contribution is -2.07. The van der Waals surface area contributed by atoms with Gasteiger partial charge in [0.15, 0.2) is 0 Å². The highest BCUT2D eigenvalue weighted by atomic mass is 35.5. The molecule has 0 aliphatic carbocycles. The van der Waals surface area contributed by atoms with E-state index < -0.39 is 0 Å². The van der Waals surface area contributed by atoms with Crippen LogP contribution in [0.3, 0.4) is 0 Å². The van der Waals surface area contributed by atoms with E-state index in [4.69, 9.17) is 11.6 Å². The standard InChI is InChI=1S/C15H16ClNO/c1-10-5-3-4-6-14(10)17-11(2)13-9-12(16)7-8-15(13)18/h3-9,11,17-18H,1-2H3. The molecule has 0 bridgehead atoms. The van der Waals surface area contributed by atoms with Crippen LogP contribution >= 0.6 is 11.6 Å². The number of nitrogens with one attached hydrogen (secondary N) is 1. The molecule has 0 aliphatic heterocycles. The third kappa shape index (κ3) is 2.77. The zero-order valence-corrected chi connectivity index (χ0v) is 11.2. The number of rotatable bonds is 3. The molecule has 0 radical (unpaired) electrons. The molecule has 2 N–H and O–H groups in total. The first kappa shape index (κ1) is 12.8. The first-order chi connectivity index (χ1) is 8.58. The molecule has 0 heterocycles. The number of aryl methyl sites for hydroxylation is 1. The van der Waals surface area contributed by atoms with Crippen molar-refractivity contribution in [3.05, 3.63) is 58.6 Å². The molecule has 0 amide bonds. The van der Waals surface area contributed by atoms with Crippen LogP contribution in [0.1, 0.15) is 24.1 Å². The molecule has 94 valence electrons. The van der Waals surface area contributed by atoms with Gasteiger partial charge in [0.1, 0.15) is 5.75 Å². The topological polar surface area (TPSA) is 32.3 Å². The summed E-state index contributed by atoms with van der Waals surface area (Å²) >= 11 is 5.96. The zero-order valence-electron chi connectivity index (χ0n) is 10.4. The number of hydrogen-bond donors (Lipinski definition) is 2. The molecule has 1 atom stereocenters. The summed E-state index contributed by atoms with van der Waals surface area (Å²) in [7, 11) is 0. The van der Waals surface area contributed by atoms with Crippen LogP contribution in [0.5, 0.6) is 5.75 Å². The molecule has 2 rings (SSSR count). The lowest BCUT2D eigenvalue weighted by molar-refractivity contribution is 0.465. The number of phenolic OH excluding ortho intramolecular Hbond substituents is 1. The molecule has 2 aromatic carbocycles. The number of benzene rings is 2. The van der Waals surface area contributed by atoms with Gasteiger partial charge >= 0.3 is 0 Å². The van der Waals surface area contributed by atoms with E-state index in [9.17, 15) is 5.11 Å². The summed E-state index contributed by atoms with van der Waals surface area (Å²) in [6.07, 6.45) is 0.